The van der Waals surface area contributed by atoms with E-state index in [-0.39, 0.29) is 11.5 Å². The number of carbonyl (C=O) groups excluding carboxylic acids is 1. The highest BCUT2D eigenvalue weighted by atomic mass is 16.4. The molecule has 0 fully saturated rings. The second-order valence-electron chi connectivity index (χ2n) is 2.05. The van der Waals surface area contributed by atoms with E-state index in [9.17, 15) is 9.59 Å². The minimum atomic E-state index is -1.03. The lowest BCUT2D eigenvalue weighted by atomic mass is 10.3. The standard InChI is InChI=1S/C7H11NO3/c1-3-6(9)8-4-5(2)7(10)11/h4H,3H2,1-2H3,(H,8,9)(H,10,11). The molecule has 62 valence electrons. The molecular formula is C7H11NO3. The van der Waals surface area contributed by atoms with Crippen LogP contribution in [0.1, 0.15) is 20.3 Å². The number of carboxylic acids is 1. The maximum Gasteiger partial charge on any atom is 0.332 e. The smallest absolute Gasteiger partial charge is 0.332 e. The summed E-state index contributed by atoms with van der Waals surface area (Å²) in [5.41, 5.74) is 0.117. The van der Waals surface area contributed by atoms with Crippen LogP contribution < -0.4 is 5.32 Å². The maximum atomic E-state index is 10.6. The molecule has 0 saturated heterocycles. The molecule has 0 spiro atoms. The van der Waals surface area contributed by atoms with Crippen molar-refractivity contribution in [3.63, 3.8) is 0 Å². The van der Waals surface area contributed by atoms with Crippen LogP contribution in [0.15, 0.2) is 11.8 Å². The second-order valence-corrected chi connectivity index (χ2v) is 2.05. The average Bonchev–Trinajstić information content (AvgIpc) is 1.99. The molecule has 0 rings (SSSR count). The topological polar surface area (TPSA) is 66.4 Å². The summed E-state index contributed by atoms with van der Waals surface area (Å²) in [6.07, 6.45) is 1.54. The Labute approximate surface area is 64.9 Å². The number of rotatable bonds is 3. The molecule has 2 N–H and O–H groups in total. The summed E-state index contributed by atoms with van der Waals surface area (Å²) in [4.78, 5) is 20.8. The third-order valence-corrected chi connectivity index (χ3v) is 1.11. The number of carbonyl (C=O) groups is 2. The first-order valence-corrected chi connectivity index (χ1v) is 3.27. The van der Waals surface area contributed by atoms with Crippen LogP contribution in [0, 0.1) is 0 Å². The van der Waals surface area contributed by atoms with Crippen LogP contribution in [-0.4, -0.2) is 17.0 Å². The van der Waals surface area contributed by atoms with Crippen molar-refractivity contribution >= 4 is 11.9 Å². The Bertz CT molecular complexity index is 196. The van der Waals surface area contributed by atoms with Crippen molar-refractivity contribution in [2.75, 3.05) is 0 Å². The van der Waals surface area contributed by atoms with Crippen molar-refractivity contribution in [3.05, 3.63) is 11.8 Å². The molecule has 0 radical (unpaired) electrons. The summed E-state index contributed by atoms with van der Waals surface area (Å²) in [5, 5.41) is 10.7. The molecule has 0 saturated carbocycles. The Kier molecular flexibility index (Phi) is 3.95. The molecule has 0 aromatic rings. The molecule has 0 aromatic carbocycles. The maximum absolute atomic E-state index is 10.6. The Morgan fingerprint density at radius 2 is 2.09 bits per heavy atom. The van der Waals surface area contributed by atoms with Crippen LogP contribution in [0.25, 0.3) is 0 Å². The summed E-state index contributed by atoms with van der Waals surface area (Å²) >= 11 is 0. The van der Waals surface area contributed by atoms with Gasteiger partial charge in [-0.05, 0) is 6.92 Å². The van der Waals surface area contributed by atoms with Gasteiger partial charge >= 0.3 is 5.97 Å². The molecule has 0 heterocycles. The molecule has 11 heavy (non-hydrogen) atoms. The summed E-state index contributed by atoms with van der Waals surface area (Å²) < 4.78 is 0. The molecule has 0 bridgehead atoms. The van der Waals surface area contributed by atoms with Crippen LogP contribution in [0.2, 0.25) is 0 Å². The molecule has 0 aliphatic carbocycles. The van der Waals surface area contributed by atoms with E-state index < -0.39 is 5.97 Å². The highest BCUT2D eigenvalue weighted by Gasteiger charge is 1.99. The zero-order chi connectivity index (χ0) is 8.85. The summed E-state index contributed by atoms with van der Waals surface area (Å²) in [7, 11) is 0. The number of aliphatic carboxylic acids is 1. The van der Waals surface area contributed by atoms with Crippen molar-refractivity contribution in [3.8, 4) is 0 Å². The van der Waals surface area contributed by atoms with Crippen LogP contribution in [0.4, 0.5) is 0 Å². The lowest BCUT2D eigenvalue weighted by molar-refractivity contribution is -0.132. The minimum absolute atomic E-state index is 0.117. The van der Waals surface area contributed by atoms with Gasteiger partial charge in [0, 0.05) is 18.2 Å². The second kappa shape index (κ2) is 4.49. The quantitative estimate of drug-likeness (QED) is 0.586. The van der Waals surface area contributed by atoms with Gasteiger partial charge in [0.05, 0.1) is 0 Å². The zero-order valence-corrected chi connectivity index (χ0v) is 6.55. The number of amides is 1. The fourth-order valence-corrected chi connectivity index (χ4v) is 0.353. The Balaban J connectivity index is 3.92. The van der Waals surface area contributed by atoms with Gasteiger partial charge < -0.3 is 10.4 Å². The van der Waals surface area contributed by atoms with Crippen molar-refractivity contribution in [2.45, 2.75) is 20.3 Å². The third kappa shape index (κ3) is 4.13. The van der Waals surface area contributed by atoms with E-state index in [1.165, 1.54) is 13.1 Å². The molecule has 1 amide bonds. The van der Waals surface area contributed by atoms with E-state index in [0.29, 0.717) is 6.42 Å². The Morgan fingerprint density at radius 3 is 2.45 bits per heavy atom. The fraction of sp³-hybridized carbons (Fsp3) is 0.429. The van der Waals surface area contributed by atoms with Gasteiger partial charge in [-0.15, -0.1) is 0 Å². The predicted octanol–water partition coefficient (Wildman–Crippen LogP) is 0.501. The first kappa shape index (κ1) is 9.68. The summed E-state index contributed by atoms with van der Waals surface area (Å²) in [5.74, 6) is -1.22. The van der Waals surface area contributed by atoms with E-state index in [0.717, 1.165) is 0 Å². The van der Waals surface area contributed by atoms with Gasteiger partial charge in [0.15, 0.2) is 0 Å². The van der Waals surface area contributed by atoms with Crippen LogP contribution in [-0.2, 0) is 9.59 Å². The zero-order valence-electron chi connectivity index (χ0n) is 6.55. The van der Waals surface area contributed by atoms with Crippen molar-refractivity contribution in [2.24, 2.45) is 0 Å². The van der Waals surface area contributed by atoms with Gasteiger partial charge in [-0.3, -0.25) is 4.79 Å². The Morgan fingerprint density at radius 1 is 1.55 bits per heavy atom. The number of carboxylic acid groups (broad SMARTS) is 1. The predicted molar refractivity (Wildman–Crippen MR) is 39.8 cm³/mol. The molecular weight excluding hydrogens is 146 g/mol. The summed E-state index contributed by atoms with van der Waals surface area (Å²) in [6.45, 7) is 3.11. The SMILES string of the molecule is CCC(=O)NC=C(C)C(=O)O. The molecule has 4 nitrogen and oxygen atoms in total. The van der Waals surface area contributed by atoms with E-state index in [1.54, 1.807) is 6.92 Å². The number of hydrogen-bond acceptors (Lipinski definition) is 2. The first-order valence-electron chi connectivity index (χ1n) is 3.27. The van der Waals surface area contributed by atoms with E-state index >= 15 is 0 Å². The molecule has 0 aliphatic rings. The molecule has 0 aromatic heterocycles. The van der Waals surface area contributed by atoms with Crippen LogP contribution in [0.3, 0.4) is 0 Å². The summed E-state index contributed by atoms with van der Waals surface area (Å²) in [6, 6.07) is 0. The fourth-order valence-electron chi connectivity index (χ4n) is 0.353. The largest absolute Gasteiger partial charge is 0.478 e. The lowest BCUT2D eigenvalue weighted by Gasteiger charge is -1.95. The monoisotopic (exact) mass is 157 g/mol. The minimum Gasteiger partial charge on any atom is -0.478 e. The van der Waals surface area contributed by atoms with Gasteiger partial charge in [0.25, 0.3) is 0 Å². The third-order valence-electron chi connectivity index (χ3n) is 1.11. The highest BCUT2D eigenvalue weighted by molar-refractivity contribution is 5.87. The van der Waals surface area contributed by atoms with Crippen LogP contribution >= 0.6 is 0 Å². The number of nitrogens with one attached hydrogen (secondary N) is 1. The van der Waals surface area contributed by atoms with Gasteiger partial charge in [0.1, 0.15) is 0 Å². The molecule has 0 atom stereocenters. The number of hydrogen-bond donors (Lipinski definition) is 2. The molecule has 0 unspecified atom stereocenters. The van der Waals surface area contributed by atoms with Crippen molar-refractivity contribution in [1.29, 1.82) is 0 Å². The van der Waals surface area contributed by atoms with E-state index in [4.69, 9.17) is 5.11 Å². The van der Waals surface area contributed by atoms with E-state index in [2.05, 4.69) is 5.32 Å². The lowest BCUT2D eigenvalue weighted by Crippen LogP contribution is -2.16. The average molecular weight is 157 g/mol. The normalized spacial score (nSPS) is 10.9. The first-order chi connectivity index (χ1) is 5.07. The molecule has 4 heteroatoms. The van der Waals surface area contributed by atoms with Crippen molar-refractivity contribution < 1.29 is 14.7 Å². The molecule has 0 aliphatic heterocycles. The van der Waals surface area contributed by atoms with Gasteiger partial charge in [0.2, 0.25) is 5.91 Å². The van der Waals surface area contributed by atoms with Crippen LogP contribution in [0.5, 0.6) is 0 Å². The van der Waals surface area contributed by atoms with Gasteiger partial charge in [-0.2, -0.15) is 0 Å². The Hall–Kier alpha value is -1.32. The van der Waals surface area contributed by atoms with Gasteiger partial charge in [-0.1, -0.05) is 6.92 Å². The van der Waals surface area contributed by atoms with Gasteiger partial charge in [-0.25, -0.2) is 4.79 Å². The van der Waals surface area contributed by atoms with E-state index in [1.807, 2.05) is 0 Å². The highest BCUT2D eigenvalue weighted by Crippen LogP contribution is 1.88. The van der Waals surface area contributed by atoms with Crippen molar-refractivity contribution in [1.82, 2.24) is 5.32 Å².